The van der Waals surface area contributed by atoms with Gasteiger partial charge in [-0.2, -0.15) is 8.42 Å². The lowest BCUT2D eigenvalue weighted by Crippen LogP contribution is -2.17. The molecular formula is C14H16O4S. The van der Waals surface area contributed by atoms with Crippen molar-refractivity contribution in [3.05, 3.63) is 42.0 Å². The monoisotopic (exact) mass is 280 g/mol. The maximum absolute atomic E-state index is 11.9. The Labute approximate surface area is 113 Å². The maximum Gasteiger partial charge on any atom is 0.296 e. The number of carbonyl (C=O) groups excluding carboxylic acids is 1. The van der Waals surface area contributed by atoms with Gasteiger partial charge in [-0.3, -0.25) is 8.98 Å². The van der Waals surface area contributed by atoms with E-state index in [0.717, 1.165) is 5.56 Å². The van der Waals surface area contributed by atoms with Gasteiger partial charge in [-0.1, -0.05) is 23.8 Å². The quantitative estimate of drug-likeness (QED) is 0.794. The topological polar surface area (TPSA) is 60.4 Å². The molecule has 0 saturated heterocycles. The lowest BCUT2D eigenvalue weighted by atomic mass is 9.96. The summed E-state index contributed by atoms with van der Waals surface area (Å²) >= 11 is 0. The van der Waals surface area contributed by atoms with Gasteiger partial charge >= 0.3 is 0 Å². The zero-order valence-corrected chi connectivity index (χ0v) is 11.5. The van der Waals surface area contributed by atoms with Crippen LogP contribution in [0.5, 0.6) is 0 Å². The maximum atomic E-state index is 11.9. The summed E-state index contributed by atoms with van der Waals surface area (Å²) in [6, 6.07) is 6.53. The fourth-order valence-electron chi connectivity index (χ4n) is 1.84. The lowest BCUT2D eigenvalue weighted by molar-refractivity contribution is -0.115. The van der Waals surface area contributed by atoms with Gasteiger partial charge in [-0.15, -0.1) is 0 Å². The Morgan fingerprint density at radius 1 is 1.26 bits per heavy atom. The van der Waals surface area contributed by atoms with Gasteiger partial charge in [0.15, 0.2) is 5.78 Å². The molecule has 0 spiro atoms. The van der Waals surface area contributed by atoms with Crippen LogP contribution in [0.1, 0.15) is 18.4 Å². The van der Waals surface area contributed by atoms with E-state index < -0.39 is 10.1 Å². The van der Waals surface area contributed by atoms with Crippen LogP contribution in [0.4, 0.5) is 0 Å². The van der Waals surface area contributed by atoms with E-state index in [1.165, 1.54) is 18.2 Å². The van der Waals surface area contributed by atoms with E-state index in [1.807, 2.05) is 6.92 Å². The molecule has 0 saturated carbocycles. The number of allylic oxidation sites excluding steroid dienone is 1. The number of rotatable bonds is 4. The molecule has 1 aliphatic carbocycles. The van der Waals surface area contributed by atoms with Crippen molar-refractivity contribution in [3.8, 4) is 0 Å². The predicted octanol–water partition coefficient (Wildman–Crippen LogP) is 2.24. The van der Waals surface area contributed by atoms with Crippen LogP contribution in [0.2, 0.25) is 0 Å². The largest absolute Gasteiger partial charge is 0.296 e. The van der Waals surface area contributed by atoms with Crippen molar-refractivity contribution in [2.24, 2.45) is 5.92 Å². The highest BCUT2D eigenvalue weighted by Crippen LogP contribution is 2.19. The van der Waals surface area contributed by atoms with Gasteiger partial charge in [0.05, 0.1) is 11.5 Å². The first-order valence-corrected chi connectivity index (χ1v) is 7.55. The Kier molecular flexibility index (Phi) is 4.17. The minimum Gasteiger partial charge on any atom is -0.295 e. The first-order valence-electron chi connectivity index (χ1n) is 6.14. The normalized spacial score (nSPS) is 19.6. The third-order valence-corrected chi connectivity index (χ3v) is 4.36. The molecule has 0 heterocycles. The average molecular weight is 280 g/mol. The van der Waals surface area contributed by atoms with Gasteiger partial charge in [0.1, 0.15) is 0 Å². The summed E-state index contributed by atoms with van der Waals surface area (Å²) in [6.45, 7) is 1.97. The molecule has 1 atom stereocenters. The highest BCUT2D eigenvalue weighted by Gasteiger charge is 2.19. The fourth-order valence-corrected chi connectivity index (χ4v) is 2.80. The van der Waals surface area contributed by atoms with Crippen LogP contribution in [-0.4, -0.2) is 20.8 Å². The average Bonchev–Trinajstić information content (AvgIpc) is 2.39. The molecule has 4 nitrogen and oxygen atoms in total. The van der Waals surface area contributed by atoms with Crippen LogP contribution in [-0.2, 0) is 19.1 Å². The molecule has 0 amide bonds. The van der Waals surface area contributed by atoms with Crippen LogP contribution in [0.3, 0.4) is 0 Å². The summed E-state index contributed by atoms with van der Waals surface area (Å²) in [5, 5.41) is 0. The highest BCUT2D eigenvalue weighted by molar-refractivity contribution is 7.86. The standard InChI is InChI=1S/C14H16O4S/c1-11-2-8-14(9-3-11)19(16,17)18-10-12-4-6-13(15)7-5-12/h2-4,6,8-9,12H,5,7,10H2,1H3. The predicted molar refractivity (Wildman–Crippen MR) is 71.2 cm³/mol. The number of aryl methyl sites for hydroxylation is 1. The van der Waals surface area contributed by atoms with Gasteiger partial charge in [-0.05, 0) is 31.6 Å². The van der Waals surface area contributed by atoms with Gasteiger partial charge < -0.3 is 0 Å². The van der Waals surface area contributed by atoms with Gasteiger partial charge in [0.25, 0.3) is 10.1 Å². The van der Waals surface area contributed by atoms with Crippen LogP contribution >= 0.6 is 0 Å². The zero-order chi connectivity index (χ0) is 13.9. The Balaban J connectivity index is 2.00. The van der Waals surface area contributed by atoms with E-state index in [0.29, 0.717) is 12.8 Å². The molecule has 0 bridgehead atoms. The van der Waals surface area contributed by atoms with Crippen molar-refractivity contribution < 1.29 is 17.4 Å². The molecule has 0 aliphatic heterocycles. The third kappa shape index (κ3) is 3.75. The smallest absolute Gasteiger partial charge is 0.295 e. The van der Waals surface area contributed by atoms with Crippen LogP contribution in [0.15, 0.2) is 41.3 Å². The van der Waals surface area contributed by atoms with E-state index in [1.54, 1.807) is 18.2 Å². The Hall–Kier alpha value is -1.46. The number of ketones is 1. The number of carbonyl (C=O) groups is 1. The molecule has 1 aliphatic rings. The van der Waals surface area contributed by atoms with Crippen molar-refractivity contribution >= 4 is 15.9 Å². The van der Waals surface area contributed by atoms with Crippen LogP contribution < -0.4 is 0 Å². The molecule has 5 heteroatoms. The van der Waals surface area contributed by atoms with E-state index >= 15 is 0 Å². The van der Waals surface area contributed by atoms with Gasteiger partial charge in [0, 0.05) is 12.3 Å². The van der Waals surface area contributed by atoms with E-state index in [4.69, 9.17) is 4.18 Å². The van der Waals surface area contributed by atoms with Crippen molar-refractivity contribution in [3.63, 3.8) is 0 Å². The molecule has 0 radical (unpaired) electrons. The minimum atomic E-state index is -3.71. The molecular weight excluding hydrogens is 264 g/mol. The van der Waals surface area contributed by atoms with Crippen molar-refractivity contribution in [1.29, 1.82) is 0 Å². The number of hydrogen-bond donors (Lipinski definition) is 0. The molecule has 1 aromatic rings. The summed E-state index contributed by atoms with van der Waals surface area (Å²) in [4.78, 5) is 11.2. The highest BCUT2D eigenvalue weighted by atomic mass is 32.2. The fraction of sp³-hybridized carbons (Fsp3) is 0.357. The van der Waals surface area contributed by atoms with Crippen LogP contribution in [0.25, 0.3) is 0 Å². The molecule has 19 heavy (non-hydrogen) atoms. The van der Waals surface area contributed by atoms with Gasteiger partial charge in [-0.25, -0.2) is 0 Å². The third-order valence-electron chi connectivity index (χ3n) is 3.06. The first kappa shape index (κ1) is 14.0. The van der Waals surface area contributed by atoms with E-state index in [9.17, 15) is 13.2 Å². The Morgan fingerprint density at radius 2 is 1.95 bits per heavy atom. The molecule has 1 unspecified atom stereocenters. The second kappa shape index (κ2) is 5.67. The summed E-state index contributed by atoms with van der Waals surface area (Å²) in [5.74, 6) is 0.0653. The van der Waals surface area contributed by atoms with Gasteiger partial charge in [0.2, 0.25) is 0 Å². The van der Waals surface area contributed by atoms with Crippen LogP contribution in [0, 0.1) is 12.8 Å². The SMILES string of the molecule is Cc1ccc(S(=O)(=O)OCC2C=CC(=O)CC2)cc1. The minimum absolute atomic E-state index is 0.0158. The molecule has 2 rings (SSSR count). The molecule has 1 aromatic carbocycles. The molecule has 102 valence electrons. The van der Waals surface area contributed by atoms with E-state index in [-0.39, 0.29) is 23.2 Å². The number of benzene rings is 1. The van der Waals surface area contributed by atoms with E-state index in [2.05, 4.69) is 0 Å². The Morgan fingerprint density at radius 3 is 2.53 bits per heavy atom. The molecule has 0 fully saturated rings. The lowest BCUT2D eigenvalue weighted by Gasteiger charge is -2.15. The summed E-state index contributed by atoms with van der Waals surface area (Å²) < 4.78 is 28.9. The second-order valence-corrected chi connectivity index (χ2v) is 6.29. The summed E-state index contributed by atoms with van der Waals surface area (Å²) in [5.41, 5.74) is 0.993. The number of hydrogen-bond acceptors (Lipinski definition) is 4. The Bertz CT molecular complexity index is 584. The van der Waals surface area contributed by atoms with Crippen molar-refractivity contribution in [1.82, 2.24) is 0 Å². The van der Waals surface area contributed by atoms with Crippen molar-refractivity contribution in [2.75, 3.05) is 6.61 Å². The molecule has 0 N–H and O–H groups in total. The van der Waals surface area contributed by atoms with Crippen molar-refractivity contribution in [2.45, 2.75) is 24.7 Å². The zero-order valence-electron chi connectivity index (χ0n) is 10.7. The molecule has 0 aromatic heterocycles. The second-order valence-electron chi connectivity index (χ2n) is 4.68. The summed E-state index contributed by atoms with van der Waals surface area (Å²) in [7, 11) is -3.71. The first-order chi connectivity index (χ1) is 8.97. The summed E-state index contributed by atoms with van der Waals surface area (Å²) in [6.07, 6.45) is 4.31.